The molecule has 1 aliphatic rings. The van der Waals surface area contributed by atoms with E-state index in [4.69, 9.17) is 9.47 Å². The van der Waals surface area contributed by atoms with Crippen LogP contribution < -0.4 is 19.7 Å². The molecular formula is C23H21FN4O4S. The van der Waals surface area contributed by atoms with Gasteiger partial charge in [-0.05, 0) is 42.0 Å². The molecule has 4 rings (SSSR count). The zero-order valence-corrected chi connectivity index (χ0v) is 18.5. The number of nitrogens with zero attached hydrogens (tertiary/aromatic N) is 3. The number of carbonyl (C=O) groups excluding carboxylic acids is 2. The number of likely N-dealkylation sites (N-methyl/N-ethyl adjacent to an activating group) is 1. The molecule has 2 heterocycles. The molecule has 8 nitrogen and oxygen atoms in total. The van der Waals surface area contributed by atoms with Gasteiger partial charge in [0.15, 0.2) is 0 Å². The number of halogens is 1. The zero-order chi connectivity index (χ0) is 23.2. The first-order chi connectivity index (χ1) is 16.0. The van der Waals surface area contributed by atoms with E-state index in [1.165, 1.54) is 24.3 Å². The van der Waals surface area contributed by atoms with E-state index in [0.29, 0.717) is 54.7 Å². The molecule has 1 N–H and O–H groups in total. The summed E-state index contributed by atoms with van der Waals surface area (Å²) in [7, 11) is 1.84. The maximum absolute atomic E-state index is 13.0. The molecule has 1 saturated heterocycles. The monoisotopic (exact) mass is 468 g/mol. The molecule has 33 heavy (non-hydrogen) atoms. The Kier molecular flexibility index (Phi) is 7.04. The average molecular weight is 469 g/mol. The second kappa shape index (κ2) is 10.3. The van der Waals surface area contributed by atoms with Crippen molar-refractivity contribution in [2.75, 3.05) is 25.1 Å². The third-order valence-electron chi connectivity index (χ3n) is 4.82. The third kappa shape index (κ3) is 6.19. The summed E-state index contributed by atoms with van der Waals surface area (Å²) in [5, 5.41) is 2.20. The van der Waals surface area contributed by atoms with Gasteiger partial charge in [-0.1, -0.05) is 12.1 Å². The largest absolute Gasteiger partial charge is 0.492 e. The summed E-state index contributed by atoms with van der Waals surface area (Å²) in [6.45, 7) is 0.928. The maximum Gasteiger partial charge on any atom is 0.287 e. The number of aromatic nitrogens is 2. The Labute approximate surface area is 194 Å². The Bertz CT molecular complexity index is 1130. The van der Waals surface area contributed by atoms with E-state index in [-0.39, 0.29) is 16.2 Å². The van der Waals surface area contributed by atoms with Crippen LogP contribution in [0.15, 0.2) is 60.8 Å². The van der Waals surface area contributed by atoms with Crippen LogP contribution in [0.2, 0.25) is 0 Å². The Morgan fingerprint density at radius 3 is 2.48 bits per heavy atom. The first-order valence-electron chi connectivity index (χ1n) is 10.2. The Balaban J connectivity index is 1.26. The fourth-order valence-corrected chi connectivity index (χ4v) is 3.75. The van der Waals surface area contributed by atoms with E-state index < -0.39 is 6.04 Å². The number of hydrogen-bond acceptors (Lipinski definition) is 8. The SMILES string of the molecule is CN(CCOc1ccc(CC2NC(=O)SC2=O)cc1)c1nccc(Oc2ccc(F)cc2)n1. The van der Waals surface area contributed by atoms with Gasteiger partial charge in [0, 0.05) is 37.5 Å². The first-order valence-corrected chi connectivity index (χ1v) is 11.0. The molecule has 10 heteroatoms. The van der Waals surface area contributed by atoms with Gasteiger partial charge in [0.1, 0.15) is 30.0 Å². The number of rotatable bonds is 9. The molecule has 2 aromatic carbocycles. The van der Waals surface area contributed by atoms with Crippen LogP contribution in [0, 0.1) is 5.82 Å². The van der Waals surface area contributed by atoms with Gasteiger partial charge in [-0.25, -0.2) is 9.37 Å². The molecule has 1 aromatic heterocycles. The quantitative estimate of drug-likeness (QED) is 0.507. The van der Waals surface area contributed by atoms with Crippen molar-refractivity contribution < 1.29 is 23.5 Å². The predicted octanol–water partition coefficient (Wildman–Crippen LogP) is 3.82. The van der Waals surface area contributed by atoms with Crippen LogP contribution in [0.4, 0.5) is 15.1 Å². The molecular weight excluding hydrogens is 447 g/mol. The molecule has 0 aliphatic carbocycles. The molecule has 0 bridgehead atoms. The second-order valence-electron chi connectivity index (χ2n) is 7.27. The number of hydrogen-bond donors (Lipinski definition) is 1. The molecule has 0 saturated carbocycles. The second-order valence-corrected chi connectivity index (χ2v) is 8.25. The van der Waals surface area contributed by atoms with Gasteiger partial charge < -0.3 is 19.7 Å². The Morgan fingerprint density at radius 2 is 1.79 bits per heavy atom. The lowest BCUT2D eigenvalue weighted by molar-refractivity contribution is -0.112. The number of benzene rings is 2. The average Bonchev–Trinajstić information content (AvgIpc) is 3.13. The van der Waals surface area contributed by atoms with Crippen molar-refractivity contribution in [3.8, 4) is 17.4 Å². The van der Waals surface area contributed by atoms with Crippen LogP contribution in [0.25, 0.3) is 0 Å². The third-order valence-corrected chi connectivity index (χ3v) is 5.61. The smallest absolute Gasteiger partial charge is 0.287 e. The van der Waals surface area contributed by atoms with Crippen LogP contribution in [0.3, 0.4) is 0 Å². The number of ether oxygens (including phenoxy) is 2. The molecule has 1 amide bonds. The van der Waals surface area contributed by atoms with Crippen LogP contribution in [0.1, 0.15) is 5.56 Å². The summed E-state index contributed by atoms with van der Waals surface area (Å²) in [6.07, 6.45) is 2.04. The summed E-state index contributed by atoms with van der Waals surface area (Å²) < 4.78 is 24.5. The van der Waals surface area contributed by atoms with E-state index in [1.807, 2.05) is 36.2 Å². The van der Waals surface area contributed by atoms with Gasteiger partial charge in [-0.3, -0.25) is 9.59 Å². The van der Waals surface area contributed by atoms with Gasteiger partial charge in [0.05, 0.1) is 6.54 Å². The molecule has 0 radical (unpaired) electrons. The highest BCUT2D eigenvalue weighted by Crippen LogP contribution is 2.22. The van der Waals surface area contributed by atoms with Gasteiger partial charge in [0.2, 0.25) is 16.9 Å². The normalized spacial score (nSPS) is 15.3. The lowest BCUT2D eigenvalue weighted by Gasteiger charge is -2.18. The molecule has 1 fully saturated rings. The Hall–Kier alpha value is -3.66. The van der Waals surface area contributed by atoms with Crippen molar-refractivity contribution in [2.24, 2.45) is 0 Å². The van der Waals surface area contributed by atoms with Gasteiger partial charge in [0.25, 0.3) is 5.24 Å². The fourth-order valence-electron chi connectivity index (χ4n) is 3.08. The summed E-state index contributed by atoms with van der Waals surface area (Å²) in [5.74, 6) is 1.66. The van der Waals surface area contributed by atoms with Crippen LogP contribution in [-0.2, 0) is 11.2 Å². The molecule has 1 aliphatic heterocycles. The van der Waals surface area contributed by atoms with Gasteiger partial charge in [-0.15, -0.1) is 0 Å². The fraction of sp³-hybridized carbons (Fsp3) is 0.217. The van der Waals surface area contributed by atoms with Gasteiger partial charge in [-0.2, -0.15) is 4.98 Å². The standard InChI is InChI=1S/C23H21FN4O4S/c1-28(22-25-11-10-20(27-22)32-18-8-4-16(24)5-9-18)12-13-31-17-6-2-15(3-7-17)14-19-21(29)33-23(30)26-19/h2-11,19H,12-14H2,1H3,(H,26,30). The van der Waals surface area contributed by atoms with Crippen molar-refractivity contribution in [1.29, 1.82) is 0 Å². The minimum Gasteiger partial charge on any atom is -0.492 e. The summed E-state index contributed by atoms with van der Waals surface area (Å²) in [4.78, 5) is 33.5. The number of thioether (sulfide) groups is 1. The predicted molar refractivity (Wildman–Crippen MR) is 122 cm³/mol. The maximum atomic E-state index is 13.0. The van der Waals surface area contributed by atoms with Crippen LogP contribution in [0.5, 0.6) is 17.4 Å². The number of anilines is 1. The molecule has 1 atom stereocenters. The summed E-state index contributed by atoms with van der Waals surface area (Å²) in [6, 6.07) is 14.3. The zero-order valence-electron chi connectivity index (χ0n) is 17.7. The summed E-state index contributed by atoms with van der Waals surface area (Å²) >= 11 is 0.714. The van der Waals surface area contributed by atoms with E-state index in [1.54, 1.807) is 12.3 Å². The van der Waals surface area contributed by atoms with E-state index in [2.05, 4.69) is 15.3 Å². The Morgan fingerprint density at radius 1 is 1.06 bits per heavy atom. The van der Waals surface area contributed by atoms with Crippen molar-refractivity contribution in [2.45, 2.75) is 12.5 Å². The first kappa shape index (κ1) is 22.5. The molecule has 3 aromatic rings. The highest BCUT2D eigenvalue weighted by Gasteiger charge is 2.31. The van der Waals surface area contributed by atoms with E-state index in [9.17, 15) is 14.0 Å². The molecule has 170 valence electrons. The van der Waals surface area contributed by atoms with Crippen molar-refractivity contribution in [1.82, 2.24) is 15.3 Å². The lowest BCUT2D eigenvalue weighted by Crippen LogP contribution is -2.30. The number of amides is 1. The van der Waals surface area contributed by atoms with Crippen molar-refractivity contribution in [3.63, 3.8) is 0 Å². The topological polar surface area (TPSA) is 93.7 Å². The van der Waals surface area contributed by atoms with Crippen LogP contribution >= 0.6 is 11.8 Å². The van der Waals surface area contributed by atoms with E-state index >= 15 is 0 Å². The van der Waals surface area contributed by atoms with Crippen LogP contribution in [-0.4, -0.2) is 46.6 Å². The van der Waals surface area contributed by atoms with Crippen molar-refractivity contribution in [3.05, 3.63) is 72.2 Å². The molecule has 0 spiro atoms. The minimum absolute atomic E-state index is 0.155. The highest BCUT2D eigenvalue weighted by molar-refractivity contribution is 8.26. The van der Waals surface area contributed by atoms with E-state index in [0.717, 1.165) is 5.56 Å². The summed E-state index contributed by atoms with van der Waals surface area (Å²) in [5.41, 5.74) is 0.937. The van der Waals surface area contributed by atoms with Crippen molar-refractivity contribution >= 4 is 28.1 Å². The number of carbonyl (C=O) groups is 2. The minimum atomic E-state index is -0.481. The molecule has 1 unspecified atom stereocenters. The van der Waals surface area contributed by atoms with Gasteiger partial charge >= 0.3 is 0 Å². The highest BCUT2D eigenvalue weighted by atomic mass is 32.2. The lowest BCUT2D eigenvalue weighted by atomic mass is 10.1. The number of nitrogens with one attached hydrogen (secondary N) is 1.